The van der Waals surface area contributed by atoms with E-state index in [2.05, 4.69) is 36.1 Å². The molecule has 0 saturated carbocycles. The lowest BCUT2D eigenvalue weighted by Crippen LogP contribution is -2.56. The van der Waals surface area contributed by atoms with Crippen LogP contribution in [0.2, 0.25) is 0 Å². The third-order valence-electron chi connectivity index (χ3n) is 4.65. The summed E-state index contributed by atoms with van der Waals surface area (Å²) in [6.07, 6.45) is 0.548. The minimum absolute atomic E-state index is 0.0467. The van der Waals surface area contributed by atoms with E-state index in [0.717, 1.165) is 5.56 Å². The molecule has 6 heteroatoms. The standard InChI is InChI=1S/C19H24N4O2/c1-19(17-7-3-2-4-8-17)16-25-14-13-23(19)15-18(24)22(11-5-9-20)12-6-10-21/h2-4,7-8H,5-6,11-16H2,1H3/t19-/m1/s1. The molecule has 1 amide bonds. The van der Waals surface area contributed by atoms with Crippen molar-refractivity contribution in [3.8, 4) is 12.1 Å². The van der Waals surface area contributed by atoms with Gasteiger partial charge >= 0.3 is 0 Å². The Morgan fingerprint density at radius 2 is 1.88 bits per heavy atom. The summed E-state index contributed by atoms with van der Waals surface area (Å²) in [5.41, 5.74) is 0.744. The molecule has 0 bridgehead atoms. The first-order valence-electron chi connectivity index (χ1n) is 8.52. The van der Waals surface area contributed by atoms with E-state index in [-0.39, 0.29) is 30.8 Å². The van der Waals surface area contributed by atoms with Gasteiger partial charge in [-0.1, -0.05) is 30.3 Å². The van der Waals surface area contributed by atoms with Gasteiger partial charge in [-0.2, -0.15) is 10.5 Å². The third kappa shape index (κ3) is 4.79. The van der Waals surface area contributed by atoms with Gasteiger partial charge in [-0.05, 0) is 12.5 Å². The van der Waals surface area contributed by atoms with E-state index in [0.29, 0.717) is 32.8 Å². The number of nitrogens with zero attached hydrogens (tertiary/aromatic N) is 4. The van der Waals surface area contributed by atoms with Gasteiger partial charge in [0.15, 0.2) is 0 Å². The highest BCUT2D eigenvalue weighted by molar-refractivity contribution is 5.78. The number of nitriles is 2. The van der Waals surface area contributed by atoms with Gasteiger partial charge < -0.3 is 9.64 Å². The zero-order valence-electron chi connectivity index (χ0n) is 14.6. The number of hydrogen-bond acceptors (Lipinski definition) is 5. The Kier molecular flexibility index (Phi) is 6.94. The van der Waals surface area contributed by atoms with Crippen LogP contribution in [-0.2, 0) is 15.1 Å². The summed E-state index contributed by atoms with van der Waals surface area (Å²) in [4.78, 5) is 16.5. The molecule has 0 N–H and O–H groups in total. The van der Waals surface area contributed by atoms with Crippen LogP contribution in [0.5, 0.6) is 0 Å². The first-order chi connectivity index (χ1) is 12.1. The molecule has 1 aliphatic rings. The van der Waals surface area contributed by atoms with E-state index in [1.807, 2.05) is 18.2 Å². The van der Waals surface area contributed by atoms with Crippen molar-refractivity contribution in [2.75, 3.05) is 39.4 Å². The maximum Gasteiger partial charge on any atom is 0.236 e. The maximum absolute atomic E-state index is 12.8. The molecule has 2 rings (SSSR count). The molecule has 6 nitrogen and oxygen atoms in total. The fraction of sp³-hybridized carbons (Fsp3) is 0.526. The molecule has 1 heterocycles. The summed E-state index contributed by atoms with van der Waals surface area (Å²) in [5.74, 6) is -0.0467. The third-order valence-corrected chi connectivity index (χ3v) is 4.65. The van der Waals surface area contributed by atoms with Gasteiger partial charge in [-0.25, -0.2) is 0 Å². The fourth-order valence-corrected chi connectivity index (χ4v) is 3.09. The number of ether oxygens (including phenoxy) is 1. The van der Waals surface area contributed by atoms with Crippen LogP contribution >= 0.6 is 0 Å². The second kappa shape index (κ2) is 9.17. The number of carbonyl (C=O) groups is 1. The van der Waals surface area contributed by atoms with Gasteiger partial charge in [0.25, 0.3) is 0 Å². The van der Waals surface area contributed by atoms with Gasteiger partial charge in [0, 0.05) is 19.6 Å². The van der Waals surface area contributed by atoms with Gasteiger partial charge in [0.1, 0.15) is 0 Å². The van der Waals surface area contributed by atoms with Crippen molar-refractivity contribution < 1.29 is 9.53 Å². The van der Waals surface area contributed by atoms with E-state index >= 15 is 0 Å². The van der Waals surface area contributed by atoms with Crippen molar-refractivity contribution in [2.24, 2.45) is 0 Å². The molecular weight excluding hydrogens is 316 g/mol. The highest BCUT2D eigenvalue weighted by Crippen LogP contribution is 2.31. The summed E-state index contributed by atoms with van der Waals surface area (Å²) >= 11 is 0. The van der Waals surface area contributed by atoms with Crippen molar-refractivity contribution in [1.82, 2.24) is 9.80 Å². The molecule has 0 spiro atoms. The number of hydrogen-bond donors (Lipinski definition) is 0. The quantitative estimate of drug-likeness (QED) is 0.757. The average Bonchev–Trinajstić information content (AvgIpc) is 2.64. The lowest BCUT2D eigenvalue weighted by molar-refractivity contribution is -0.138. The minimum Gasteiger partial charge on any atom is -0.378 e. The van der Waals surface area contributed by atoms with Crippen molar-refractivity contribution in [2.45, 2.75) is 25.3 Å². The molecule has 1 aromatic rings. The number of carbonyl (C=O) groups excluding carboxylic acids is 1. The van der Waals surface area contributed by atoms with Crippen LogP contribution in [0.3, 0.4) is 0 Å². The Bertz CT molecular complexity index is 632. The van der Waals surface area contributed by atoms with Gasteiger partial charge in [-0.3, -0.25) is 9.69 Å². The number of benzene rings is 1. The van der Waals surface area contributed by atoms with E-state index in [9.17, 15) is 4.79 Å². The monoisotopic (exact) mass is 340 g/mol. The summed E-state index contributed by atoms with van der Waals surface area (Å²) in [6.45, 7) is 4.86. The van der Waals surface area contributed by atoms with E-state index in [4.69, 9.17) is 15.3 Å². The van der Waals surface area contributed by atoms with E-state index < -0.39 is 0 Å². The Balaban J connectivity index is 2.13. The summed E-state index contributed by atoms with van der Waals surface area (Å²) < 4.78 is 5.69. The van der Waals surface area contributed by atoms with Crippen molar-refractivity contribution in [3.05, 3.63) is 35.9 Å². The van der Waals surface area contributed by atoms with Gasteiger partial charge in [0.05, 0.1) is 50.3 Å². The van der Waals surface area contributed by atoms with Crippen LogP contribution in [0.25, 0.3) is 0 Å². The normalized spacial score (nSPS) is 20.4. The number of morpholine rings is 1. The van der Waals surface area contributed by atoms with Gasteiger partial charge in [0.2, 0.25) is 5.91 Å². The van der Waals surface area contributed by atoms with Crippen LogP contribution < -0.4 is 0 Å². The lowest BCUT2D eigenvalue weighted by atomic mass is 9.89. The zero-order valence-corrected chi connectivity index (χ0v) is 14.6. The SMILES string of the molecule is C[C@]1(c2ccccc2)COCCN1CC(=O)N(CCC#N)CCC#N. The predicted molar refractivity (Wildman–Crippen MR) is 93.2 cm³/mol. The van der Waals surface area contributed by atoms with Crippen LogP contribution in [0, 0.1) is 22.7 Å². The van der Waals surface area contributed by atoms with Crippen molar-refractivity contribution in [1.29, 1.82) is 10.5 Å². The first-order valence-corrected chi connectivity index (χ1v) is 8.52. The topological polar surface area (TPSA) is 80.4 Å². The predicted octanol–water partition coefficient (Wildman–Crippen LogP) is 1.89. The fourth-order valence-electron chi connectivity index (χ4n) is 3.09. The molecule has 0 radical (unpaired) electrons. The molecule has 0 aliphatic carbocycles. The highest BCUT2D eigenvalue weighted by Gasteiger charge is 2.38. The van der Waals surface area contributed by atoms with Gasteiger partial charge in [-0.15, -0.1) is 0 Å². The molecule has 1 fully saturated rings. The maximum atomic E-state index is 12.8. The molecule has 0 aromatic heterocycles. The smallest absolute Gasteiger partial charge is 0.236 e. The highest BCUT2D eigenvalue weighted by atomic mass is 16.5. The van der Waals surface area contributed by atoms with Crippen molar-refractivity contribution >= 4 is 5.91 Å². The summed E-state index contributed by atoms with van der Waals surface area (Å²) in [6, 6.07) is 14.2. The Labute approximate surface area is 149 Å². The number of amides is 1. The van der Waals surface area contributed by atoms with E-state index in [1.165, 1.54) is 0 Å². The Hall–Kier alpha value is -2.41. The van der Waals surface area contributed by atoms with Crippen LogP contribution in [0.1, 0.15) is 25.3 Å². The first kappa shape index (κ1) is 18.9. The molecule has 1 atom stereocenters. The van der Waals surface area contributed by atoms with Crippen LogP contribution in [0.15, 0.2) is 30.3 Å². The minimum atomic E-state index is -0.370. The zero-order chi connectivity index (χ0) is 18.1. The second-order valence-electron chi connectivity index (χ2n) is 6.31. The Morgan fingerprint density at radius 1 is 1.24 bits per heavy atom. The molecular formula is C19H24N4O2. The molecule has 1 aliphatic heterocycles. The second-order valence-corrected chi connectivity index (χ2v) is 6.31. The Morgan fingerprint density at radius 3 is 2.48 bits per heavy atom. The lowest BCUT2D eigenvalue weighted by Gasteiger charge is -2.45. The molecule has 25 heavy (non-hydrogen) atoms. The number of rotatable bonds is 7. The molecule has 0 unspecified atom stereocenters. The van der Waals surface area contributed by atoms with Crippen LogP contribution in [-0.4, -0.2) is 55.1 Å². The largest absolute Gasteiger partial charge is 0.378 e. The average molecular weight is 340 g/mol. The molecule has 1 aromatic carbocycles. The summed E-state index contributed by atoms with van der Waals surface area (Å²) in [5, 5.41) is 17.6. The molecule has 132 valence electrons. The van der Waals surface area contributed by atoms with Crippen molar-refractivity contribution in [3.63, 3.8) is 0 Å². The summed E-state index contributed by atoms with van der Waals surface area (Å²) in [7, 11) is 0. The van der Waals surface area contributed by atoms with Crippen LogP contribution in [0.4, 0.5) is 0 Å². The molecule has 1 saturated heterocycles. The van der Waals surface area contributed by atoms with E-state index in [1.54, 1.807) is 4.90 Å².